The topological polar surface area (TPSA) is 77.1 Å². The minimum atomic E-state index is -0.122. The summed E-state index contributed by atoms with van der Waals surface area (Å²) < 4.78 is 6.96. The highest BCUT2D eigenvalue weighted by Gasteiger charge is 2.26. The van der Waals surface area contributed by atoms with Crippen molar-refractivity contribution in [3.8, 4) is 0 Å². The standard InChI is InChI=1S/C22H23N3O3S2/c1-15-12-18-20(30-15)21(27)25(10-9-16-6-3-2-4-7-16)22(24-18)29-14-19(26)23-13-17-8-5-11-28-17/h2-8,11,15H,9-10,12-14H2,1H3,(H,23,26). The Morgan fingerprint density at radius 1 is 1.30 bits per heavy atom. The molecule has 30 heavy (non-hydrogen) atoms. The highest BCUT2D eigenvalue weighted by Crippen LogP contribution is 2.34. The summed E-state index contributed by atoms with van der Waals surface area (Å²) in [7, 11) is 0. The molecule has 156 valence electrons. The van der Waals surface area contributed by atoms with Crippen LogP contribution < -0.4 is 10.9 Å². The lowest BCUT2D eigenvalue weighted by Crippen LogP contribution is -2.28. The Hall–Kier alpha value is -2.45. The summed E-state index contributed by atoms with van der Waals surface area (Å²) in [5.74, 6) is 0.776. The van der Waals surface area contributed by atoms with Gasteiger partial charge in [-0.1, -0.05) is 49.0 Å². The Bertz CT molecular complexity index is 1070. The number of amides is 1. The first-order chi connectivity index (χ1) is 14.6. The molecule has 0 spiro atoms. The number of nitrogens with zero attached hydrogens (tertiary/aromatic N) is 2. The third-order valence-corrected chi connectivity index (χ3v) is 6.99. The summed E-state index contributed by atoms with van der Waals surface area (Å²) in [5.41, 5.74) is 2.02. The number of fused-ring (bicyclic) bond motifs is 1. The number of thioether (sulfide) groups is 2. The molecule has 3 heterocycles. The Morgan fingerprint density at radius 3 is 2.90 bits per heavy atom. The van der Waals surface area contributed by atoms with E-state index in [1.165, 1.54) is 11.8 Å². The molecular weight excluding hydrogens is 418 g/mol. The Morgan fingerprint density at radius 2 is 2.13 bits per heavy atom. The lowest BCUT2D eigenvalue weighted by molar-refractivity contribution is -0.118. The third-order valence-electron chi connectivity index (χ3n) is 4.80. The summed E-state index contributed by atoms with van der Waals surface area (Å²) in [5, 5.41) is 3.79. The van der Waals surface area contributed by atoms with Crippen LogP contribution in [0.5, 0.6) is 0 Å². The van der Waals surface area contributed by atoms with Crippen LogP contribution in [0.15, 0.2) is 68.0 Å². The number of aromatic nitrogens is 2. The number of hydrogen-bond acceptors (Lipinski definition) is 6. The number of carbonyl (C=O) groups is 1. The molecule has 1 atom stereocenters. The van der Waals surface area contributed by atoms with E-state index >= 15 is 0 Å². The van der Waals surface area contributed by atoms with Gasteiger partial charge in [0.25, 0.3) is 5.56 Å². The fourth-order valence-corrected chi connectivity index (χ4v) is 5.29. The van der Waals surface area contributed by atoms with Crippen LogP contribution in [0.3, 0.4) is 0 Å². The molecule has 6 nitrogen and oxygen atoms in total. The quantitative estimate of drug-likeness (QED) is 0.426. The van der Waals surface area contributed by atoms with Gasteiger partial charge in [0, 0.05) is 18.2 Å². The first-order valence-corrected chi connectivity index (χ1v) is 11.7. The molecule has 3 aromatic rings. The number of rotatable bonds is 8. The molecule has 0 fully saturated rings. The van der Waals surface area contributed by atoms with Gasteiger partial charge in [-0.15, -0.1) is 11.8 Å². The number of benzene rings is 1. The molecule has 1 aliphatic rings. The highest BCUT2D eigenvalue weighted by molar-refractivity contribution is 8.00. The minimum absolute atomic E-state index is 0.00350. The molecule has 0 bridgehead atoms. The Labute approximate surface area is 183 Å². The molecule has 1 N–H and O–H groups in total. The number of carbonyl (C=O) groups excluding carboxylic acids is 1. The van der Waals surface area contributed by atoms with Crippen molar-refractivity contribution in [2.24, 2.45) is 0 Å². The van der Waals surface area contributed by atoms with Crippen LogP contribution in [-0.2, 0) is 30.7 Å². The van der Waals surface area contributed by atoms with E-state index in [2.05, 4.69) is 24.4 Å². The summed E-state index contributed by atoms with van der Waals surface area (Å²) in [4.78, 5) is 30.9. The van der Waals surface area contributed by atoms with Crippen LogP contribution in [0.4, 0.5) is 0 Å². The average Bonchev–Trinajstić information content (AvgIpc) is 3.40. The van der Waals surface area contributed by atoms with E-state index in [1.807, 2.05) is 24.3 Å². The van der Waals surface area contributed by atoms with E-state index in [0.717, 1.165) is 29.0 Å². The molecule has 2 aromatic heterocycles. The van der Waals surface area contributed by atoms with Crippen LogP contribution in [0.2, 0.25) is 0 Å². The van der Waals surface area contributed by atoms with Crippen molar-refractivity contribution in [1.29, 1.82) is 0 Å². The van der Waals surface area contributed by atoms with Crippen molar-refractivity contribution in [3.05, 3.63) is 76.1 Å². The fourth-order valence-electron chi connectivity index (χ4n) is 3.30. The largest absolute Gasteiger partial charge is 0.467 e. The second-order valence-corrected chi connectivity index (χ2v) is 9.53. The smallest absolute Gasteiger partial charge is 0.268 e. The van der Waals surface area contributed by atoms with Gasteiger partial charge in [0.2, 0.25) is 5.91 Å². The number of hydrogen-bond donors (Lipinski definition) is 1. The van der Waals surface area contributed by atoms with Gasteiger partial charge in [0.15, 0.2) is 5.16 Å². The van der Waals surface area contributed by atoms with Gasteiger partial charge in [-0.05, 0) is 24.1 Å². The first-order valence-electron chi connectivity index (χ1n) is 9.86. The maximum Gasteiger partial charge on any atom is 0.268 e. The maximum atomic E-state index is 13.2. The van der Waals surface area contributed by atoms with E-state index in [4.69, 9.17) is 9.40 Å². The van der Waals surface area contributed by atoms with E-state index in [-0.39, 0.29) is 17.2 Å². The minimum Gasteiger partial charge on any atom is -0.467 e. The van der Waals surface area contributed by atoms with Crippen LogP contribution in [-0.4, -0.2) is 26.5 Å². The van der Waals surface area contributed by atoms with Crippen LogP contribution in [0.1, 0.15) is 23.9 Å². The molecule has 1 amide bonds. The molecule has 1 unspecified atom stereocenters. The van der Waals surface area contributed by atoms with Gasteiger partial charge >= 0.3 is 0 Å². The molecule has 0 aliphatic carbocycles. The predicted molar refractivity (Wildman–Crippen MR) is 119 cm³/mol. The molecule has 4 rings (SSSR count). The fraction of sp³-hybridized carbons (Fsp3) is 0.318. The molecule has 0 saturated heterocycles. The van der Waals surface area contributed by atoms with Crippen LogP contribution in [0, 0.1) is 0 Å². The lowest BCUT2D eigenvalue weighted by atomic mass is 10.1. The third kappa shape index (κ3) is 4.99. The maximum absolute atomic E-state index is 13.2. The Kier molecular flexibility index (Phi) is 6.64. The zero-order valence-corrected chi connectivity index (χ0v) is 18.3. The van der Waals surface area contributed by atoms with E-state index in [1.54, 1.807) is 28.7 Å². The Balaban J connectivity index is 1.48. The van der Waals surface area contributed by atoms with Gasteiger partial charge in [-0.3, -0.25) is 14.2 Å². The van der Waals surface area contributed by atoms with E-state index in [9.17, 15) is 9.59 Å². The first kappa shape index (κ1) is 20.8. The van der Waals surface area contributed by atoms with Gasteiger partial charge in [-0.25, -0.2) is 4.98 Å². The van der Waals surface area contributed by atoms with E-state index in [0.29, 0.717) is 29.3 Å². The van der Waals surface area contributed by atoms with Gasteiger partial charge in [0.05, 0.1) is 29.2 Å². The van der Waals surface area contributed by atoms with Gasteiger partial charge in [0.1, 0.15) is 5.76 Å². The number of furan rings is 1. The molecule has 0 radical (unpaired) electrons. The monoisotopic (exact) mass is 441 g/mol. The second kappa shape index (κ2) is 9.57. The highest BCUT2D eigenvalue weighted by atomic mass is 32.2. The van der Waals surface area contributed by atoms with Crippen molar-refractivity contribution in [2.45, 2.75) is 48.2 Å². The van der Waals surface area contributed by atoms with Crippen molar-refractivity contribution >= 4 is 29.4 Å². The van der Waals surface area contributed by atoms with Crippen molar-refractivity contribution in [3.63, 3.8) is 0 Å². The summed E-state index contributed by atoms with van der Waals surface area (Å²) in [6.45, 7) is 2.99. The molecule has 8 heteroatoms. The van der Waals surface area contributed by atoms with Gasteiger partial charge in [-0.2, -0.15) is 0 Å². The van der Waals surface area contributed by atoms with Crippen molar-refractivity contribution in [1.82, 2.24) is 14.9 Å². The van der Waals surface area contributed by atoms with Gasteiger partial charge < -0.3 is 9.73 Å². The number of aryl methyl sites for hydroxylation is 1. The lowest BCUT2D eigenvalue weighted by Gasteiger charge is -2.13. The van der Waals surface area contributed by atoms with Crippen LogP contribution >= 0.6 is 23.5 Å². The zero-order valence-electron chi connectivity index (χ0n) is 16.7. The normalized spacial score (nSPS) is 15.2. The average molecular weight is 442 g/mol. The molecule has 1 aliphatic heterocycles. The molecule has 1 aromatic carbocycles. The van der Waals surface area contributed by atoms with Crippen LogP contribution in [0.25, 0.3) is 0 Å². The van der Waals surface area contributed by atoms with Crippen molar-refractivity contribution in [2.75, 3.05) is 5.75 Å². The summed E-state index contributed by atoms with van der Waals surface area (Å²) in [6.07, 6.45) is 3.10. The van der Waals surface area contributed by atoms with E-state index < -0.39 is 0 Å². The second-order valence-electron chi connectivity index (χ2n) is 7.14. The SMILES string of the molecule is CC1Cc2nc(SCC(=O)NCc3ccco3)n(CCc3ccccc3)c(=O)c2S1. The molecular formula is C22H23N3O3S2. The summed E-state index contributed by atoms with van der Waals surface area (Å²) >= 11 is 2.91. The summed E-state index contributed by atoms with van der Waals surface area (Å²) in [6, 6.07) is 13.7. The zero-order chi connectivity index (χ0) is 20.9. The van der Waals surface area contributed by atoms with Crippen molar-refractivity contribution < 1.29 is 9.21 Å². The number of nitrogens with one attached hydrogen (secondary N) is 1. The predicted octanol–water partition coefficient (Wildman–Crippen LogP) is 3.52. The molecule has 0 saturated carbocycles.